The van der Waals surface area contributed by atoms with E-state index in [1.54, 1.807) is 53.7 Å². The first-order chi connectivity index (χ1) is 24.7. The van der Waals surface area contributed by atoms with Gasteiger partial charge in [-0.2, -0.15) is 18.1 Å². The van der Waals surface area contributed by atoms with Crippen LogP contribution in [0.4, 0.5) is 44.9 Å². The molecular formula is C36H40F3N7O7. The normalized spacial score (nSPS) is 17.9. The van der Waals surface area contributed by atoms with Gasteiger partial charge in [-0.25, -0.2) is 24.4 Å². The van der Waals surface area contributed by atoms with Crippen molar-refractivity contribution in [3.8, 4) is 16.9 Å². The average Bonchev–Trinajstić information content (AvgIpc) is 3.92. The molecule has 2 aliphatic carbocycles. The Balaban J connectivity index is 1.27. The molecule has 2 N–H and O–H groups in total. The monoisotopic (exact) mass is 739 g/mol. The molecule has 0 saturated heterocycles. The second-order valence-electron chi connectivity index (χ2n) is 15.7. The Hall–Kier alpha value is -5.35. The van der Waals surface area contributed by atoms with E-state index in [0.29, 0.717) is 40.0 Å². The number of anilines is 3. The van der Waals surface area contributed by atoms with E-state index < -0.39 is 41.0 Å². The van der Waals surface area contributed by atoms with E-state index in [2.05, 4.69) is 25.8 Å². The fourth-order valence-electron chi connectivity index (χ4n) is 6.41. The fourth-order valence-corrected chi connectivity index (χ4v) is 6.41. The van der Waals surface area contributed by atoms with Crippen molar-refractivity contribution in [3.63, 3.8) is 0 Å². The van der Waals surface area contributed by atoms with Crippen LogP contribution >= 0.6 is 0 Å². The predicted molar refractivity (Wildman–Crippen MR) is 186 cm³/mol. The standard InChI is InChI=1S/C36H40F3N7O7/c1-18-14-21-20(10-11-23(27(21)50-18)42-30(47)43-25-15-24(53-44-25)35(12-13-35)36(37,38)39)22-16-45(19-8-9-19)28-26(22)29(41-17-40-28)46(31(48)51-33(2,3)4)32(49)52-34(5,6)7/h10-11,15-19H,8-9,12-14H2,1-7H3,(H2,42,43,44,47). The largest absolute Gasteiger partial charge is 0.488 e. The van der Waals surface area contributed by atoms with Crippen molar-refractivity contribution in [3.05, 3.63) is 42.0 Å². The van der Waals surface area contributed by atoms with E-state index in [-0.39, 0.29) is 42.4 Å². The maximum absolute atomic E-state index is 13.7. The smallest absolute Gasteiger partial charge is 0.425 e. The number of aromatic nitrogens is 4. The first-order valence-electron chi connectivity index (χ1n) is 17.3. The number of hydrogen-bond donors (Lipinski definition) is 2. The minimum atomic E-state index is -4.50. The van der Waals surface area contributed by atoms with E-state index in [1.807, 2.05) is 17.7 Å². The van der Waals surface area contributed by atoms with E-state index in [4.69, 9.17) is 18.7 Å². The van der Waals surface area contributed by atoms with Crippen molar-refractivity contribution >= 4 is 46.6 Å². The number of alkyl halides is 3. The molecule has 1 atom stereocenters. The zero-order valence-corrected chi connectivity index (χ0v) is 30.3. The molecule has 3 aromatic heterocycles. The van der Waals surface area contributed by atoms with Crippen LogP contribution in [-0.2, 0) is 21.3 Å². The van der Waals surface area contributed by atoms with Gasteiger partial charge >= 0.3 is 24.4 Å². The number of nitrogens with zero attached hydrogens (tertiary/aromatic N) is 5. The number of amides is 4. The van der Waals surface area contributed by atoms with Crippen LogP contribution < -0.4 is 20.3 Å². The summed E-state index contributed by atoms with van der Waals surface area (Å²) in [6, 6.07) is 3.86. The molecular weight excluding hydrogens is 699 g/mol. The molecule has 0 spiro atoms. The van der Waals surface area contributed by atoms with Crippen LogP contribution in [0.3, 0.4) is 0 Å². The quantitative estimate of drug-likeness (QED) is 0.196. The van der Waals surface area contributed by atoms with Crippen LogP contribution in [0.2, 0.25) is 0 Å². The van der Waals surface area contributed by atoms with Crippen LogP contribution in [0.5, 0.6) is 5.75 Å². The molecule has 2 saturated carbocycles. The Labute approximate surface area is 302 Å². The summed E-state index contributed by atoms with van der Waals surface area (Å²) in [6.45, 7) is 12.0. The molecule has 4 amide bonds. The zero-order valence-electron chi connectivity index (χ0n) is 30.3. The lowest BCUT2D eigenvalue weighted by Gasteiger charge is -2.28. The Bertz CT molecular complexity index is 2090. The summed E-state index contributed by atoms with van der Waals surface area (Å²) in [4.78, 5) is 50.4. The molecule has 14 nitrogen and oxygen atoms in total. The van der Waals surface area contributed by atoms with E-state index >= 15 is 0 Å². The van der Waals surface area contributed by atoms with Gasteiger partial charge < -0.3 is 28.6 Å². The first kappa shape index (κ1) is 36.0. The minimum absolute atomic E-state index is 0.0272. The van der Waals surface area contributed by atoms with Crippen molar-refractivity contribution in [2.45, 2.75) is 116 Å². The van der Waals surface area contributed by atoms with Crippen LogP contribution in [0.15, 0.2) is 35.2 Å². The second-order valence-corrected chi connectivity index (χ2v) is 15.7. The van der Waals surface area contributed by atoms with Gasteiger partial charge in [-0.15, -0.1) is 0 Å². The maximum atomic E-state index is 13.7. The highest BCUT2D eigenvalue weighted by molar-refractivity contribution is 6.16. The second kappa shape index (κ2) is 12.4. The number of benzene rings is 1. The van der Waals surface area contributed by atoms with Crippen LogP contribution in [0.25, 0.3) is 22.2 Å². The van der Waals surface area contributed by atoms with Crippen LogP contribution in [-0.4, -0.2) is 61.4 Å². The lowest BCUT2D eigenvalue weighted by atomic mass is 9.96. The van der Waals surface area contributed by atoms with Gasteiger partial charge in [0, 0.05) is 35.9 Å². The molecule has 282 valence electrons. The lowest BCUT2D eigenvalue weighted by Crippen LogP contribution is -2.44. The Morgan fingerprint density at radius 1 is 0.962 bits per heavy atom. The van der Waals surface area contributed by atoms with Gasteiger partial charge in [-0.1, -0.05) is 11.2 Å². The number of fused-ring (bicyclic) bond motifs is 2. The molecule has 1 unspecified atom stereocenters. The average molecular weight is 740 g/mol. The van der Waals surface area contributed by atoms with E-state index in [0.717, 1.165) is 29.4 Å². The molecule has 7 rings (SSSR count). The summed E-state index contributed by atoms with van der Waals surface area (Å²) in [5, 5.41) is 9.20. The summed E-state index contributed by atoms with van der Waals surface area (Å²) in [5.74, 6) is -0.175. The van der Waals surface area contributed by atoms with E-state index in [1.165, 1.54) is 6.33 Å². The number of urea groups is 1. The summed E-state index contributed by atoms with van der Waals surface area (Å²) >= 11 is 0. The molecule has 4 heterocycles. The molecule has 0 radical (unpaired) electrons. The number of carbonyl (C=O) groups excluding carboxylic acids is 3. The van der Waals surface area contributed by atoms with Crippen LogP contribution in [0, 0.1) is 0 Å². The molecule has 53 heavy (non-hydrogen) atoms. The Morgan fingerprint density at radius 3 is 2.21 bits per heavy atom. The van der Waals surface area contributed by atoms with Gasteiger partial charge in [0.1, 0.15) is 40.4 Å². The number of imide groups is 1. The van der Waals surface area contributed by atoms with Gasteiger partial charge in [0.05, 0.1) is 11.1 Å². The van der Waals surface area contributed by atoms with Crippen molar-refractivity contribution in [2.75, 3.05) is 15.5 Å². The van der Waals surface area contributed by atoms with Gasteiger partial charge in [0.25, 0.3) is 0 Å². The summed E-state index contributed by atoms with van der Waals surface area (Å²) < 4.78 is 65.2. The molecule has 1 aliphatic heterocycles. The maximum Gasteiger partial charge on any atom is 0.425 e. The van der Waals surface area contributed by atoms with Crippen molar-refractivity contribution in [1.82, 2.24) is 19.7 Å². The summed E-state index contributed by atoms with van der Waals surface area (Å²) in [7, 11) is 0. The number of nitrogens with one attached hydrogen (secondary N) is 2. The molecule has 2 fully saturated rings. The van der Waals surface area contributed by atoms with E-state index in [9.17, 15) is 27.6 Å². The Kier molecular flexibility index (Phi) is 8.41. The predicted octanol–water partition coefficient (Wildman–Crippen LogP) is 8.66. The molecule has 1 aromatic carbocycles. The lowest BCUT2D eigenvalue weighted by molar-refractivity contribution is -0.165. The van der Waals surface area contributed by atoms with Crippen molar-refractivity contribution in [1.29, 1.82) is 0 Å². The third-order valence-electron chi connectivity index (χ3n) is 9.02. The minimum Gasteiger partial charge on any atom is -0.488 e. The number of ether oxygens (including phenoxy) is 3. The van der Waals surface area contributed by atoms with Gasteiger partial charge in [0.15, 0.2) is 17.4 Å². The third kappa shape index (κ3) is 6.95. The fraction of sp³-hybridized carbons (Fsp3) is 0.500. The van der Waals surface area contributed by atoms with Gasteiger partial charge in [-0.3, -0.25) is 5.32 Å². The van der Waals surface area contributed by atoms with Crippen molar-refractivity contribution < 1.29 is 46.3 Å². The molecule has 3 aliphatic rings. The van der Waals surface area contributed by atoms with Gasteiger partial charge in [-0.05, 0) is 85.8 Å². The highest BCUT2D eigenvalue weighted by Crippen LogP contribution is 2.59. The highest BCUT2D eigenvalue weighted by atomic mass is 19.4. The zero-order chi connectivity index (χ0) is 38.2. The van der Waals surface area contributed by atoms with Crippen molar-refractivity contribution in [2.24, 2.45) is 0 Å². The molecule has 4 aromatic rings. The number of hydrogen-bond acceptors (Lipinski definition) is 10. The first-order valence-corrected chi connectivity index (χ1v) is 17.3. The third-order valence-corrected chi connectivity index (χ3v) is 9.02. The number of halogens is 3. The molecule has 0 bridgehead atoms. The SMILES string of the molecule is CC1Cc2c(-c3cn(C4CC4)c4ncnc(N(C(=O)OC(C)(C)C)C(=O)OC(C)(C)C)c34)ccc(NC(=O)Nc3cc(C4(C(F)(F)F)CC4)on3)c2O1. The topological polar surface area (TPSA) is 163 Å². The van der Waals surface area contributed by atoms with Crippen LogP contribution in [0.1, 0.15) is 91.5 Å². The van der Waals surface area contributed by atoms with Gasteiger partial charge in [0.2, 0.25) is 0 Å². The summed E-state index contributed by atoms with van der Waals surface area (Å²) in [5.41, 5.74) is -1.16. The number of rotatable bonds is 6. The number of carbonyl (C=O) groups is 3. The summed E-state index contributed by atoms with van der Waals surface area (Å²) in [6.07, 6.45) is -1.52. The highest BCUT2D eigenvalue weighted by Gasteiger charge is 2.67. The Morgan fingerprint density at radius 2 is 1.62 bits per heavy atom. The molecule has 17 heteroatoms.